The van der Waals surface area contributed by atoms with Crippen LogP contribution in [0.1, 0.15) is 32.1 Å². The number of carbonyl (C=O) groups excluding carboxylic acids is 1. The molecule has 0 aromatic heterocycles. The molecule has 0 saturated carbocycles. The van der Waals surface area contributed by atoms with Crippen LogP contribution in [0.25, 0.3) is 0 Å². The summed E-state index contributed by atoms with van der Waals surface area (Å²) in [6, 6.07) is 0. The number of nitrogens with zero attached hydrogens (tertiary/aromatic N) is 1. The van der Waals surface area contributed by atoms with Crippen molar-refractivity contribution < 1.29 is 9.53 Å². The summed E-state index contributed by atoms with van der Waals surface area (Å²) in [4.78, 5) is 14.5. The van der Waals surface area contributed by atoms with E-state index in [-0.39, 0.29) is 5.97 Å². The fourth-order valence-electron chi connectivity index (χ4n) is 1.10. The number of esters is 1. The molecule has 0 spiro atoms. The van der Waals surface area contributed by atoms with Gasteiger partial charge in [-0.15, -0.1) is 0 Å². The third-order valence-electron chi connectivity index (χ3n) is 1.89. The smallest absolute Gasteiger partial charge is 0.330 e. The van der Waals surface area contributed by atoms with E-state index >= 15 is 0 Å². The standard InChI is InChI=1S/C11H17NO2S/c1-2-11(13)14-9-7-5-3-4-6-8-12-10-15/h2H,1,3-9H2. The van der Waals surface area contributed by atoms with Gasteiger partial charge in [0.25, 0.3) is 0 Å². The summed E-state index contributed by atoms with van der Waals surface area (Å²) in [6.45, 7) is 4.58. The molecule has 0 aliphatic carbocycles. The number of rotatable bonds is 9. The molecular formula is C11H17NO2S. The molecule has 0 atom stereocenters. The van der Waals surface area contributed by atoms with Gasteiger partial charge in [-0.3, -0.25) is 0 Å². The number of thiocarbonyl (C=S) groups is 1. The third kappa shape index (κ3) is 10.9. The first-order valence-electron chi connectivity index (χ1n) is 5.14. The van der Waals surface area contributed by atoms with Crippen molar-refractivity contribution in [3.05, 3.63) is 12.7 Å². The summed E-state index contributed by atoms with van der Waals surface area (Å²) in [5, 5.41) is 2.34. The molecule has 0 unspecified atom stereocenters. The van der Waals surface area contributed by atoms with Crippen LogP contribution in [0, 0.1) is 0 Å². The molecule has 0 radical (unpaired) electrons. The molecule has 0 saturated heterocycles. The molecule has 0 rings (SSSR count). The molecule has 0 aromatic rings. The van der Waals surface area contributed by atoms with E-state index < -0.39 is 0 Å². The largest absolute Gasteiger partial charge is 0.463 e. The molecule has 0 aliphatic rings. The van der Waals surface area contributed by atoms with Crippen molar-refractivity contribution >= 4 is 23.3 Å². The summed E-state index contributed by atoms with van der Waals surface area (Å²) < 4.78 is 4.84. The van der Waals surface area contributed by atoms with E-state index in [1.165, 1.54) is 6.08 Å². The normalized spacial score (nSPS) is 9.07. The van der Waals surface area contributed by atoms with E-state index in [1.807, 2.05) is 0 Å². The Hall–Kier alpha value is -0.990. The van der Waals surface area contributed by atoms with E-state index in [9.17, 15) is 4.79 Å². The molecule has 0 heterocycles. The second kappa shape index (κ2) is 11.1. The molecule has 15 heavy (non-hydrogen) atoms. The molecule has 0 aromatic carbocycles. The molecule has 0 aliphatic heterocycles. The van der Waals surface area contributed by atoms with Gasteiger partial charge in [0.2, 0.25) is 0 Å². The van der Waals surface area contributed by atoms with Crippen molar-refractivity contribution in [3.63, 3.8) is 0 Å². The number of carbonyl (C=O) groups is 1. The van der Waals surface area contributed by atoms with Gasteiger partial charge < -0.3 is 4.74 Å². The van der Waals surface area contributed by atoms with Crippen LogP contribution in [0.4, 0.5) is 0 Å². The number of ether oxygens (including phenoxy) is 1. The zero-order valence-electron chi connectivity index (χ0n) is 8.91. The molecule has 0 N–H and O–H groups in total. The summed E-state index contributed by atoms with van der Waals surface area (Å²) in [5.41, 5.74) is 0. The van der Waals surface area contributed by atoms with Crippen molar-refractivity contribution in [1.82, 2.24) is 0 Å². The van der Waals surface area contributed by atoms with Crippen molar-refractivity contribution in [3.8, 4) is 0 Å². The van der Waals surface area contributed by atoms with Crippen molar-refractivity contribution in [2.24, 2.45) is 4.99 Å². The first kappa shape index (κ1) is 14.0. The summed E-state index contributed by atoms with van der Waals surface area (Å²) >= 11 is 4.45. The quantitative estimate of drug-likeness (QED) is 0.200. The molecule has 3 nitrogen and oxygen atoms in total. The minimum atomic E-state index is -0.342. The van der Waals surface area contributed by atoms with Crippen LogP contribution in [0.2, 0.25) is 0 Å². The van der Waals surface area contributed by atoms with Gasteiger partial charge in [0, 0.05) is 12.6 Å². The van der Waals surface area contributed by atoms with Gasteiger partial charge in [0.05, 0.1) is 11.8 Å². The zero-order valence-corrected chi connectivity index (χ0v) is 9.72. The summed E-state index contributed by atoms with van der Waals surface area (Å²) in [5.74, 6) is -0.342. The predicted molar refractivity (Wildman–Crippen MR) is 64.1 cm³/mol. The van der Waals surface area contributed by atoms with Crippen LogP contribution in [0.3, 0.4) is 0 Å². The lowest BCUT2D eigenvalue weighted by Crippen LogP contribution is -2.01. The first-order valence-corrected chi connectivity index (χ1v) is 5.55. The van der Waals surface area contributed by atoms with Crippen LogP contribution < -0.4 is 0 Å². The topological polar surface area (TPSA) is 38.7 Å². The monoisotopic (exact) mass is 227 g/mol. The van der Waals surface area contributed by atoms with Gasteiger partial charge in [-0.2, -0.15) is 0 Å². The van der Waals surface area contributed by atoms with E-state index in [2.05, 4.69) is 29.0 Å². The Morgan fingerprint density at radius 1 is 1.33 bits per heavy atom. The predicted octanol–water partition coefficient (Wildman–Crippen LogP) is 2.77. The highest BCUT2D eigenvalue weighted by Gasteiger charge is 1.94. The van der Waals surface area contributed by atoms with Crippen LogP contribution in [0.15, 0.2) is 17.6 Å². The van der Waals surface area contributed by atoms with Crippen molar-refractivity contribution in [2.75, 3.05) is 13.2 Å². The highest BCUT2D eigenvalue weighted by Crippen LogP contribution is 2.03. The number of isothiocyanates is 1. The minimum Gasteiger partial charge on any atom is -0.463 e. The Labute approximate surface area is 96.2 Å². The van der Waals surface area contributed by atoms with Crippen LogP contribution in [-0.2, 0) is 9.53 Å². The second-order valence-corrected chi connectivity index (χ2v) is 3.29. The highest BCUT2D eigenvalue weighted by atomic mass is 32.1. The van der Waals surface area contributed by atoms with Crippen LogP contribution in [0.5, 0.6) is 0 Å². The van der Waals surface area contributed by atoms with E-state index in [0.29, 0.717) is 6.61 Å². The zero-order chi connectivity index (χ0) is 11.4. The maximum absolute atomic E-state index is 10.6. The average molecular weight is 227 g/mol. The van der Waals surface area contributed by atoms with Gasteiger partial charge in [-0.05, 0) is 25.1 Å². The fraction of sp³-hybridized carbons (Fsp3) is 0.636. The second-order valence-electron chi connectivity index (χ2n) is 3.11. The van der Waals surface area contributed by atoms with Gasteiger partial charge in [0.15, 0.2) is 0 Å². The lowest BCUT2D eigenvalue weighted by Gasteiger charge is -2.01. The SMILES string of the molecule is C=CC(=O)OCCCCCCCN=C=S. The van der Waals surface area contributed by atoms with Crippen LogP contribution >= 0.6 is 12.2 Å². The van der Waals surface area contributed by atoms with Gasteiger partial charge >= 0.3 is 5.97 Å². The summed E-state index contributed by atoms with van der Waals surface area (Å²) in [7, 11) is 0. The van der Waals surface area contributed by atoms with Crippen LogP contribution in [-0.4, -0.2) is 24.3 Å². The van der Waals surface area contributed by atoms with Gasteiger partial charge in [0.1, 0.15) is 0 Å². The minimum absolute atomic E-state index is 0.342. The van der Waals surface area contributed by atoms with Gasteiger partial charge in [-0.1, -0.05) is 25.8 Å². The third-order valence-corrected chi connectivity index (χ3v) is 2.02. The maximum atomic E-state index is 10.6. The lowest BCUT2D eigenvalue weighted by atomic mass is 10.1. The average Bonchev–Trinajstić information content (AvgIpc) is 2.26. The van der Waals surface area contributed by atoms with E-state index in [4.69, 9.17) is 4.74 Å². The Balaban J connectivity index is 3.08. The number of hydrogen-bond acceptors (Lipinski definition) is 4. The van der Waals surface area contributed by atoms with Gasteiger partial charge in [-0.25, -0.2) is 9.79 Å². The molecule has 4 heteroatoms. The molecule has 84 valence electrons. The van der Waals surface area contributed by atoms with Crippen molar-refractivity contribution in [2.45, 2.75) is 32.1 Å². The molecule has 0 bridgehead atoms. The lowest BCUT2D eigenvalue weighted by molar-refractivity contribution is -0.137. The number of hydrogen-bond donors (Lipinski definition) is 0. The highest BCUT2D eigenvalue weighted by molar-refractivity contribution is 7.78. The molecule has 0 amide bonds. The Bertz CT molecular complexity index is 235. The maximum Gasteiger partial charge on any atom is 0.330 e. The van der Waals surface area contributed by atoms with E-state index in [1.54, 1.807) is 0 Å². The Morgan fingerprint density at radius 2 is 2.00 bits per heavy atom. The fourth-order valence-corrected chi connectivity index (χ4v) is 1.19. The Kier molecular flexibility index (Phi) is 10.4. The van der Waals surface area contributed by atoms with Crippen molar-refractivity contribution in [1.29, 1.82) is 0 Å². The first-order chi connectivity index (χ1) is 7.31. The van der Waals surface area contributed by atoms with E-state index in [0.717, 1.165) is 38.6 Å². The molecule has 0 fully saturated rings. The number of aliphatic imine (C=N–C) groups is 1. The number of unbranched alkanes of at least 4 members (excludes halogenated alkanes) is 4. The summed E-state index contributed by atoms with van der Waals surface area (Å²) in [6.07, 6.45) is 6.50. The molecular weight excluding hydrogens is 210 g/mol. The Morgan fingerprint density at radius 3 is 2.67 bits per heavy atom.